The van der Waals surface area contributed by atoms with Crippen molar-refractivity contribution >= 4 is 22.6 Å². The average molecular weight is 344 g/mol. The second kappa shape index (κ2) is 6.03. The number of aryl methyl sites for hydroxylation is 1. The van der Waals surface area contributed by atoms with Crippen LogP contribution in [-0.2, 0) is 13.6 Å². The number of hydrogen-bond donors (Lipinski definition) is 1. The molecule has 3 aromatic rings. The topological polar surface area (TPSA) is 66.8 Å². The van der Waals surface area contributed by atoms with E-state index in [1.165, 1.54) is 0 Å². The van der Waals surface area contributed by atoms with Gasteiger partial charge in [0.1, 0.15) is 11.2 Å². The molecule has 124 valence electrons. The summed E-state index contributed by atoms with van der Waals surface area (Å²) >= 11 is 6.37. The van der Waals surface area contributed by atoms with Crippen molar-refractivity contribution in [1.29, 1.82) is 0 Å². The van der Waals surface area contributed by atoms with E-state index in [1.807, 2.05) is 18.2 Å². The van der Waals surface area contributed by atoms with Crippen LogP contribution < -0.4 is 5.56 Å². The molecule has 1 atom stereocenters. The van der Waals surface area contributed by atoms with Crippen LogP contribution in [0.2, 0.25) is 5.02 Å². The van der Waals surface area contributed by atoms with Crippen LogP contribution >= 0.6 is 11.6 Å². The van der Waals surface area contributed by atoms with Gasteiger partial charge in [0.15, 0.2) is 5.65 Å². The first-order chi connectivity index (χ1) is 11.6. The lowest BCUT2D eigenvalue weighted by atomic mass is 10.0. The van der Waals surface area contributed by atoms with Gasteiger partial charge < -0.3 is 4.98 Å². The molecule has 2 aromatic heterocycles. The van der Waals surface area contributed by atoms with E-state index in [1.54, 1.807) is 17.9 Å². The van der Waals surface area contributed by atoms with Crippen molar-refractivity contribution in [2.45, 2.75) is 25.4 Å². The molecule has 0 bridgehead atoms. The number of aromatic nitrogens is 4. The Kier molecular flexibility index (Phi) is 3.86. The van der Waals surface area contributed by atoms with Crippen LogP contribution in [0.1, 0.15) is 30.3 Å². The summed E-state index contributed by atoms with van der Waals surface area (Å²) in [6, 6.07) is 8.22. The zero-order valence-corrected chi connectivity index (χ0v) is 14.1. The Hall–Kier alpha value is -2.18. The lowest BCUT2D eigenvalue weighted by Gasteiger charge is -2.25. The highest BCUT2D eigenvalue weighted by Gasteiger charge is 2.28. The number of hydrogen-bond acceptors (Lipinski definition) is 4. The standard InChI is InChI=1S/C17H18ClN5O/c1-22-16-12(9-19-22)17(24)21-15(20-16)10-23-8-4-7-14(23)11-5-2-3-6-13(11)18/h2-3,5-6,9,14H,4,7-8,10H2,1H3,(H,20,21,24)/t14-/m1/s1. The van der Waals surface area contributed by atoms with Gasteiger partial charge in [-0.2, -0.15) is 5.10 Å². The van der Waals surface area contributed by atoms with E-state index in [2.05, 4.69) is 26.0 Å². The van der Waals surface area contributed by atoms with Gasteiger partial charge in [-0.1, -0.05) is 29.8 Å². The third-order valence-corrected chi connectivity index (χ3v) is 4.98. The second-order valence-electron chi connectivity index (χ2n) is 6.17. The van der Waals surface area contributed by atoms with Crippen molar-refractivity contribution in [3.63, 3.8) is 0 Å². The quantitative estimate of drug-likeness (QED) is 0.794. The second-order valence-corrected chi connectivity index (χ2v) is 6.58. The van der Waals surface area contributed by atoms with Crippen molar-refractivity contribution in [3.05, 3.63) is 57.2 Å². The number of aromatic amines is 1. The molecule has 3 heterocycles. The minimum Gasteiger partial charge on any atom is -0.309 e. The molecule has 1 aromatic carbocycles. The molecule has 1 N–H and O–H groups in total. The molecular weight excluding hydrogens is 326 g/mol. The van der Waals surface area contributed by atoms with Gasteiger partial charge in [0, 0.05) is 18.1 Å². The third-order valence-electron chi connectivity index (χ3n) is 4.63. The smallest absolute Gasteiger partial charge is 0.262 e. The van der Waals surface area contributed by atoms with E-state index >= 15 is 0 Å². The molecular formula is C17H18ClN5O. The van der Waals surface area contributed by atoms with E-state index in [0.29, 0.717) is 23.4 Å². The maximum atomic E-state index is 12.2. The summed E-state index contributed by atoms with van der Waals surface area (Å²) in [5.74, 6) is 0.662. The average Bonchev–Trinajstić information content (AvgIpc) is 3.16. The molecule has 1 aliphatic heterocycles. The first-order valence-electron chi connectivity index (χ1n) is 8.03. The van der Waals surface area contributed by atoms with Gasteiger partial charge in [-0.3, -0.25) is 14.4 Å². The predicted molar refractivity (Wildman–Crippen MR) is 93.0 cm³/mol. The summed E-state index contributed by atoms with van der Waals surface area (Å²) in [6.07, 6.45) is 3.71. The van der Waals surface area contributed by atoms with Gasteiger partial charge in [-0.05, 0) is 31.0 Å². The van der Waals surface area contributed by atoms with Gasteiger partial charge in [0.25, 0.3) is 5.56 Å². The molecule has 0 saturated carbocycles. The van der Waals surface area contributed by atoms with Crippen LogP contribution in [0.3, 0.4) is 0 Å². The molecule has 1 aliphatic rings. The van der Waals surface area contributed by atoms with Crippen LogP contribution in [0.15, 0.2) is 35.3 Å². The van der Waals surface area contributed by atoms with E-state index < -0.39 is 0 Å². The molecule has 7 heteroatoms. The highest BCUT2D eigenvalue weighted by molar-refractivity contribution is 6.31. The van der Waals surface area contributed by atoms with Gasteiger partial charge >= 0.3 is 0 Å². The van der Waals surface area contributed by atoms with Gasteiger partial charge in [-0.25, -0.2) is 4.98 Å². The fourth-order valence-electron chi connectivity index (χ4n) is 3.46. The van der Waals surface area contributed by atoms with E-state index in [9.17, 15) is 4.79 Å². The SMILES string of the molecule is Cn1ncc2c(=O)[nH]c(CN3CCC[C@@H]3c3ccccc3Cl)nc21. The van der Waals surface area contributed by atoms with Crippen molar-refractivity contribution in [2.75, 3.05) is 6.54 Å². The van der Waals surface area contributed by atoms with Crippen LogP contribution in [-0.4, -0.2) is 31.2 Å². The van der Waals surface area contributed by atoms with E-state index in [-0.39, 0.29) is 11.6 Å². The highest BCUT2D eigenvalue weighted by Crippen LogP contribution is 2.36. The fourth-order valence-corrected chi connectivity index (χ4v) is 3.72. The Labute approximate surface area is 144 Å². The number of fused-ring (bicyclic) bond motifs is 1. The summed E-state index contributed by atoms with van der Waals surface area (Å²) in [5, 5.41) is 5.42. The molecule has 6 nitrogen and oxygen atoms in total. The molecule has 1 fully saturated rings. The van der Waals surface area contributed by atoms with Gasteiger partial charge in [0.2, 0.25) is 0 Å². The summed E-state index contributed by atoms with van der Waals surface area (Å²) in [4.78, 5) is 22.0. The molecule has 1 saturated heterocycles. The van der Waals surface area contributed by atoms with Gasteiger partial charge in [-0.15, -0.1) is 0 Å². The first-order valence-corrected chi connectivity index (χ1v) is 8.40. The summed E-state index contributed by atoms with van der Waals surface area (Å²) in [6.45, 7) is 1.55. The van der Waals surface area contributed by atoms with Crippen LogP contribution in [0, 0.1) is 0 Å². The first kappa shape index (κ1) is 15.4. The molecule has 4 rings (SSSR count). The largest absolute Gasteiger partial charge is 0.309 e. The van der Waals surface area contributed by atoms with E-state index in [4.69, 9.17) is 11.6 Å². The van der Waals surface area contributed by atoms with Crippen molar-refractivity contribution < 1.29 is 0 Å². The van der Waals surface area contributed by atoms with Crippen molar-refractivity contribution in [3.8, 4) is 0 Å². The Morgan fingerprint density at radius 1 is 1.38 bits per heavy atom. The lowest BCUT2D eigenvalue weighted by molar-refractivity contribution is 0.242. The van der Waals surface area contributed by atoms with Crippen LogP contribution in [0.5, 0.6) is 0 Å². The third kappa shape index (κ3) is 2.61. The Balaban J connectivity index is 1.66. The minimum atomic E-state index is -0.142. The molecule has 0 amide bonds. The Bertz CT molecular complexity index is 948. The molecule has 0 radical (unpaired) electrons. The number of rotatable bonds is 3. The number of nitrogens with zero attached hydrogens (tertiary/aromatic N) is 4. The summed E-state index contributed by atoms with van der Waals surface area (Å²) in [7, 11) is 1.79. The fraction of sp³-hybridized carbons (Fsp3) is 0.353. The molecule has 0 spiro atoms. The van der Waals surface area contributed by atoms with Crippen LogP contribution in [0.4, 0.5) is 0 Å². The van der Waals surface area contributed by atoms with Crippen LogP contribution in [0.25, 0.3) is 11.0 Å². The monoisotopic (exact) mass is 343 g/mol. The zero-order chi connectivity index (χ0) is 16.7. The molecule has 0 unspecified atom stereocenters. The number of likely N-dealkylation sites (tertiary alicyclic amines) is 1. The lowest BCUT2D eigenvalue weighted by Crippen LogP contribution is -2.26. The minimum absolute atomic E-state index is 0.142. The number of H-pyrrole nitrogens is 1. The number of nitrogens with one attached hydrogen (secondary N) is 1. The van der Waals surface area contributed by atoms with E-state index in [0.717, 1.165) is 30.0 Å². The van der Waals surface area contributed by atoms with Crippen molar-refractivity contribution in [2.24, 2.45) is 7.05 Å². The number of halogens is 1. The van der Waals surface area contributed by atoms with Crippen molar-refractivity contribution in [1.82, 2.24) is 24.6 Å². The number of benzene rings is 1. The predicted octanol–water partition coefficient (Wildman–Crippen LogP) is 2.65. The normalized spacial score (nSPS) is 18.5. The molecule has 0 aliphatic carbocycles. The summed E-state index contributed by atoms with van der Waals surface area (Å²) in [5.41, 5.74) is 1.61. The Morgan fingerprint density at radius 2 is 2.21 bits per heavy atom. The highest BCUT2D eigenvalue weighted by atomic mass is 35.5. The maximum absolute atomic E-state index is 12.2. The maximum Gasteiger partial charge on any atom is 0.262 e. The summed E-state index contributed by atoms with van der Waals surface area (Å²) < 4.78 is 1.63. The Morgan fingerprint density at radius 3 is 3.04 bits per heavy atom. The van der Waals surface area contributed by atoms with Gasteiger partial charge in [0.05, 0.1) is 12.7 Å². The zero-order valence-electron chi connectivity index (χ0n) is 13.4. The molecule has 24 heavy (non-hydrogen) atoms.